The van der Waals surface area contributed by atoms with E-state index in [0.717, 1.165) is 5.70 Å². The molecule has 0 amide bonds. The Morgan fingerprint density at radius 1 is 1.00 bits per heavy atom. The third-order valence-electron chi connectivity index (χ3n) is 2.11. The lowest BCUT2D eigenvalue weighted by molar-refractivity contribution is 0.504. The molecule has 0 saturated heterocycles. The Morgan fingerprint density at radius 2 is 1.43 bits per heavy atom. The van der Waals surface area contributed by atoms with Crippen molar-refractivity contribution < 1.29 is 0 Å². The van der Waals surface area contributed by atoms with Crippen LogP contribution in [0.2, 0.25) is 0 Å². The van der Waals surface area contributed by atoms with Crippen LogP contribution in [0.4, 0.5) is 0 Å². The van der Waals surface area contributed by atoms with Crippen molar-refractivity contribution >= 4 is 0 Å². The molecule has 0 heterocycles. The maximum Gasteiger partial charge on any atom is 0.00488 e. The van der Waals surface area contributed by atoms with Gasteiger partial charge in [0.25, 0.3) is 0 Å². The minimum Gasteiger partial charge on any atom is -0.402 e. The van der Waals surface area contributed by atoms with Gasteiger partial charge in [-0.15, -0.1) is 0 Å². The molecule has 0 unspecified atom stereocenters. The van der Waals surface area contributed by atoms with Crippen LogP contribution in [0.3, 0.4) is 0 Å². The van der Waals surface area contributed by atoms with Crippen LogP contribution >= 0.6 is 0 Å². The van der Waals surface area contributed by atoms with Gasteiger partial charge in [-0.1, -0.05) is 63.3 Å². The largest absolute Gasteiger partial charge is 0.402 e. The Labute approximate surface area is 88.4 Å². The summed E-state index contributed by atoms with van der Waals surface area (Å²) >= 11 is 0. The van der Waals surface area contributed by atoms with Crippen molar-refractivity contribution in [3.8, 4) is 0 Å². The molecule has 0 aliphatic heterocycles. The summed E-state index contributed by atoms with van der Waals surface area (Å²) in [7, 11) is 0. The fraction of sp³-hybridized carbons (Fsp3) is 0.538. The summed E-state index contributed by atoms with van der Waals surface area (Å²) in [5.74, 6) is 0. The van der Waals surface area contributed by atoms with E-state index in [0.29, 0.717) is 0 Å². The maximum atomic E-state index is 5.31. The van der Waals surface area contributed by atoms with Gasteiger partial charge < -0.3 is 5.73 Å². The molecule has 0 spiro atoms. The molecule has 0 bridgehead atoms. The van der Waals surface area contributed by atoms with Gasteiger partial charge in [-0.25, -0.2) is 0 Å². The number of rotatable bonds is 2. The lowest BCUT2D eigenvalue weighted by Gasteiger charge is -2.05. The molecule has 0 aromatic heterocycles. The van der Waals surface area contributed by atoms with Crippen molar-refractivity contribution in [2.24, 2.45) is 5.73 Å². The summed E-state index contributed by atoms with van der Waals surface area (Å²) in [6.45, 7) is 5.34. The highest BCUT2D eigenvalue weighted by Gasteiger charge is 1.95. The summed E-state index contributed by atoms with van der Waals surface area (Å²) in [6, 6.07) is 0. The van der Waals surface area contributed by atoms with Gasteiger partial charge in [0.1, 0.15) is 0 Å². The first-order valence-corrected chi connectivity index (χ1v) is 5.49. The topological polar surface area (TPSA) is 26.0 Å². The van der Waals surface area contributed by atoms with E-state index in [1.165, 1.54) is 38.5 Å². The number of hydrogen-bond donors (Lipinski definition) is 1. The second kappa shape index (κ2) is 10.1. The molecule has 0 radical (unpaired) electrons. The van der Waals surface area contributed by atoms with Crippen LogP contribution in [0.5, 0.6) is 0 Å². The first-order valence-electron chi connectivity index (χ1n) is 5.49. The predicted octanol–water partition coefficient (Wildman–Crippen LogP) is 3.93. The van der Waals surface area contributed by atoms with Crippen LogP contribution in [0.1, 0.15) is 45.4 Å². The molecule has 1 rings (SSSR count). The van der Waals surface area contributed by atoms with E-state index in [2.05, 4.69) is 6.58 Å². The van der Waals surface area contributed by atoms with Crippen LogP contribution < -0.4 is 5.73 Å². The second-order valence-corrected chi connectivity index (χ2v) is 3.65. The van der Waals surface area contributed by atoms with Crippen molar-refractivity contribution in [2.45, 2.75) is 45.4 Å². The average molecular weight is 193 g/mol. The van der Waals surface area contributed by atoms with Gasteiger partial charge in [0.15, 0.2) is 0 Å². The van der Waals surface area contributed by atoms with Gasteiger partial charge in [-0.05, 0) is 13.0 Å². The molecule has 14 heavy (non-hydrogen) atoms. The molecule has 1 nitrogen and oxygen atoms in total. The SMILES string of the molecule is C1CCCCC1.C=C/C=C\C=C(/C)N. The van der Waals surface area contributed by atoms with Gasteiger partial charge in [0.05, 0.1) is 0 Å². The van der Waals surface area contributed by atoms with E-state index in [1.807, 2.05) is 25.2 Å². The molecule has 80 valence electrons. The Hall–Kier alpha value is -0.980. The molecule has 0 aromatic carbocycles. The third kappa shape index (κ3) is 11.0. The standard InChI is InChI=1S/C7H11N.C6H12/c1-3-4-5-6-7(2)8;1-2-4-6-5-3-1/h3-6H,1,8H2,2H3;1-6H2/b5-4-,7-6+;. The van der Waals surface area contributed by atoms with Crippen molar-refractivity contribution in [1.29, 1.82) is 0 Å². The lowest BCUT2D eigenvalue weighted by Crippen LogP contribution is -1.87. The fourth-order valence-corrected chi connectivity index (χ4v) is 1.35. The van der Waals surface area contributed by atoms with E-state index in [1.54, 1.807) is 6.08 Å². The molecular formula is C13H23N. The van der Waals surface area contributed by atoms with Crippen molar-refractivity contribution in [3.05, 3.63) is 36.6 Å². The van der Waals surface area contributed by atoms with E-state index in [-0.39, 0.29) is 0 Å². The Balaban J connectivity index is 0.000000249. The van der Waals surface area contributed by atoms with Crippen LogP contribution in [0.25, 0.3) is 0 Å². The first kappa shape index (κ1) is 13.0. The number of allylic oxidation sites excluding steroid dienone is 5. The average Bonchev–Trinajstić information content (AvgIpc) is 2.21. The smallest absolute Gasteiger partial charge is 0.00488 e. The van der Waals surface area contributed by atoms with E-state index < -0.39 is 0 Å². The summed E-state index contributed by atoms with van der Waals surface area (Å²) < 4.78 is 0. The minimum atomic E-state index is 0.808. The van der Waals surface area contributed by atoms with Crippen LogP contribution in [-0.2, 0) is 0 Å². The molecular weight excluding hydrogens is 170 g/mol. The number of hydrogen-bond acceptors (Lipinski definition) is 1. The molecule has 1 fully saturated rings. The zero-order chi connectivity index (χ0) is 10.6. The zero-order valence-electron chi connectivity index (χ0n) is 9.34. The highest BCUT2D eigenvalue weighted by Crippen LogP contribution is 2.15. The molecule has 2 N–H and O–H groups in total. The summed E-state index contributed by atoms with van der Waals surface area (Å²) in [6.07, 6.45) is 16.2. The van der Waals surface area contributed by atoms with Crippen LogP contribution in [-0.4, -0.2) is 0 Å². The molecule has 1 heteroatoms. The summed E-state index contributed by atoms with van der Waals surface area (Å²) in [5, 5.41) is 0. The maximum absolute atomic E-state index is 5.31. The van der Waals surface area contributed by atoms with E-state index >= 15 is 0 Å². The van der Waals surface area contributed by atoms with Gasteiger partial charge >= 0.3 is 0 Å². The Morgan fingerprint density at radius 3 is 1.71 bits per heavy atom. The minimum absolute atomic E-state index is 0.808. The van der Waals surface area contributed by atoms with Crippen molar-refractivity contribution in [1.82, 2.24) is 0 Å². The molecule has 0 atom stereocenters. The normalized spacial score (nSPS) is 17.4. The quantitative estimate of drug-likeness (QED) is 0.661. The van der Waals surface area contributed by atoms with E-state index in [9.17, 15) is 0 Å². The van der Waals surface area contributed by atoms with Gasteiger partial charge in [0, 0.05) is 5.70 Å². The highest BCUT2D eigenvalue weighted by atomic mass is 14.5. The summed E-state index contributed by atoms with van der Waals surface area (Å²) in [5.41, 5.74) is 6.12. The van der Waals surface area contributed by atoms with Crippen LogP contribution in [0, 0.1) is 0 Å². The fourth-order valence-electron chi connectivity index (χ4n) is 1.35. The first-order chi connectivity index (χ1) is 6.77. The van der Waals surface area contributed by atoms with Crippen LogP contribution in [0.15, 0.2) is 36.6 Å². The monoisotopic (exact) mass is 193 g/mol. The molecule has 0 aromatic rings. The van der Waals surface area contributed by atoms with Gasteiger partial charge in [-0.2, -0.15) is 0 Å². The second-order valence-electron chi connectivity index (χ2n) is 3.65. The Kier molecular flexibility index (Phi) is 9.40. The van der Waals surface area contributed by atoms with E-state index in [4.69, 9.17) is 5.73 Å². The highest BCUT2D eigenvalue weighted by molar-refractivity contribution is 5.11. The third-order valence-corrected chi connectivity index (χ3v) is 2.11. The predicted molar refractivity (Wildman–Crippen MR) is 65.0 cm³/mol. The molecule has 1 aliphatic carbocycles. The summed E-state index contributed by atoms with van der Waals surface area (Å²) in [4.78, 5) is 0. The Bertz CT molecular complexity index is 170. The van der Waals surface area contributed by atoms with Gasteiger partial charge in [0.2, 0.25) is 0 Å². The zero-order valence-corrected chi connectivity index (χ0v) is 9.34. The molecule has 1 aliphatic rings. The van der Waals surface area contributed by atoms with Crippen molar-refractivity contribution in [3.63, 3.8) is 0 Å². The van der Waals surface area contributed by atoms with Gasteiger partial charge in [-0.3, -0.25) is 0 Å². The molecule has 1 saturated carbocycles. The lowest BCUT2D eigenvalue weighted by atomic mass is 10.0. The number of nitrogens with two attached hydrogens (primary N) is 1. The van der Waals surface area contributed by atoms with Crippen molar-refractivity contribution in [2.75, 3.05) is 0 Å².